The van der Waals surface area contributed by atoms with Gasteiger partial charge < -0.3 is 0 Å². The van der Waals surface area contributed by atoms with E-state index in [0.29, 0.717) is 45.1 Å². The molecule has 0 bridgehead atoms. The molecule has 170 valence electrons. The van der Waals surface area contributed by atoms with Gasteiger partial charge in [0.25, 0.3) is 5.91 Å². The Kier molecular flexibility index (Phi) is 8.30. The molecular formula is C22H23Cl2N3O3S2. The second kappa shape index (κ2) is 10.8. The van der Waals surface area contributed by atoms with Crippen molar-refractivity contribution in [3.8, 4) is 11.3 Å². The van der Waals surface area contributed by atoms with Crippen molar-refractivity contribution in [1.82, 2.24) is 9.29 Å². The number of nitrogens with one attached hydrogen (secondary N) is 1. The van der Waals surface area contributed by atoms with Crippen molar-refractivity contribution in [3.63, 3.8) is 0 Å². The molecule has 3 aromatic rings. The van der Waals surface area contributed by atoms with Crippen molar-refractivity contribution < 1.29 is 13.2 Å². The van der Waals surface area contributed by atoms with Gasteiger partial charge in [0, 0.05) is 34.6 Å². The first-order chi connectivity index (χ1) is 15.3. The van der Waals surface area contributed by atoms with Gasteiger partial charge in [0.1, 0.15) is 0 Å². The Balaban J connectivity index is 1.74. The largest absolute Gasteiger partial charge is 0.298 e. The standard InChI is InChI=1S/C22H23Cl2N3O3S2/c1-3-11-27(12-4-2)32(29,30)17-8-5-15(6-9-17)21(28)26-22-25-20(14-31-22)18-13-16(23)7-10-19(18)24/h5-10,13-14H,3-4,11-12H2,1-2H3,(H,25,26,28). The Morgan fingerprint density at radius 3 is 2.34 bits per heavy atom. The average Bonchev–Trinajstić information content (AvgIpc) is 3.23. The number of halogens is 2. The average molecular weight is 512 g/mol. The lowest BCUT2D eigenvalue weighted by Gasteiger charge is -2.21. The molecule has 6 nitrogen and oxygen atoms in total. The molecule has 1 aromatic heterocycles. The third-order valence-corrected chi connectivity index (χ3v) is 7.86. The number of carbonyl (C=O) groups excluding carboxylic acids is 1. The SMILES string of the molecule is CCCN(CCC)S(=O)(=O)c1ccc(C(=O)Nc2nc(-c3cc(Cl)ccc3Cl)cs2)cc1. The fourth-order valence-electron chi connectivity index (χ4n) is 3.10. The first kappa shape index (κ1) is 24.7. The second-order valence-corrected chi connectivity index (χ2v) is 10.7. The van der Waals surface area contributed by atoms with Gasteiger partial charge in [-0.05, 0) is 55.3 Å². The highest BCUT2D eigenvalue weighted by molar-refractivity contribution is 7.89. The normalized spacial score (nSPS) is 11.7. The Morgan fingerprint density at radius 2 is 1.72 bits per heavy atom. The van der Waals surface area contributed by atoms with E-state index in [1.807, 2.05) is 13.8 Å². The molecule has 10 heteroatoms. The van der Waals surface area contributed by atoms with Crippen LogP contribution in [-0.4, -0.2) is 36.7 Å². The van der Waals surface area contributed by atoms with Crippen molar-refractivity contribution in [2.45, 2.75) is 31.6 Å². The van der Waals surface area contributed by atoms with Gasteiger partial charge >= 0.3 is 0 Å². The number of hydrogen-bond donors (Lipinski definition) is 1. The minimum Gasteiger partial charge on any atom is -0.298 e. The summed E-state index contributed by atoms with van der Waals surface area (Å²) in [6, 6.07) is 11.0. The molecule has 1 amide bonds. The Bertz CT molecular complexity index is 1190. The molecule has 0 unspecified atom stereocenters. The summed E-state index contributed by atoms with van der Waals surface area (Å²) in [4.78, 5) is 17.2. The van der Waals surface area contributed by atoms with Crippen molar-refractivity contribution >= 4 is 55.6 Å². The number of benzene rings is 2. The van der Waals surface area contributed by atoms with Gasteiger partial charge in [-0.15, -0.1) is 11.3 Å². The lowest BCUT2D eigenvalue weighted by atomic mass is 10.2. The molecule has 2 aromatic carbocycles. The quantitative estimate of drug-likeness (QED) is 0.371. The third-order valence-electron chi connectivity index (χ3n) is 4.63. The number of aromatic nitrogens is 1. The summed E-state index contributed by atoms with van der Waals surface area (Å²) in [5.74, 6) is -0.383. The smallest absolute Gasteiger partial charge is 0.257 e. The van der Waals surface area contributed by atoms with Gasteiger partial charge in [0.2, 0.25) is 10.0 Å². The van der Waals surface area contributed by atoms with E-state index in [-0.39, 0.29) is 10.8 Å². The van der Waals surface area contributed by atoms with Crippen LogP contribution in [0.5, 0.6) is 0 Å². The number of hydrogen-bond acceptors (Lipinski definition) is 5. The van der Waals surface area contributed by atoms with E-state index in [9.17, 15) is 13.2 Å². The molecule has 0 saturated carbocycles. The second-order valence-electron chi connectivity index (χ2n) is 7.04. The first-order valence-corrected chi connectivity index (χ1v) is 13.2. The van der Waals surface area contributed by atoms with E-state index in [1.54, 1.807) is 23.6 Å². The number of thiazole rings is 1. The van der Waals surface area contributed by atoms with Gasteiger partial charge in [-0.3, -0.25) is 10.1 Å². The molecule has 0 aliphatic rings. The predicted octanol–water partition coefficient (Wildman–Crippen LogP) is 6.18. The van der Waals surface area contributed by atoms with E-state index in [1.165, 1.54) is 39.9 Å². The van der Waals surface area contributed by atoms with Gasteiger partial charge in [-0.1, -0.05) is 37.0 Å². The molecule has 0 atom stereocenters. The molecule has 32 heavy (non-hydrogen) atoms. The monoisotopic (exact) mass is 511 g/mol. The number of anilines is 1. The fraction of sp³-hybridized carbons (Fsp3) is 0.273. The molecule has 1 N–H and O–H groups in total. The molecule has 0 spiro atoms. The lowest BCUT2D eigenvalue weighted by molar-refractivity contribution is 0.102. The third kappa shape index (κ3) is 5.68. The van der Waals surface area contributed by atoms with Crippen molar-refractivity contribution in [1.29, 1.82) is 0 Å². The first-order valence-electron chi connectivity index (χ1n) is 10.1. The number of nitrogens with zero attached hydrogens (tertiary/aromatic N) is 2. The highest BCUT2D eigenvalue weighted by atomic mass is 35.5. The molecule has 0 fully saturated rings. The van der Waals surface area contributed by atoms with Crippen LogP contribution in [0.3, 0.4) is 0 Å². The van der Waals surface area contributed by atoms with E-state index in [0.717, 1.165) is 12.8 Å². The Labute approximate surface area is 202 Å². The van der Waals surface area contributed by atoms with E-state index in [2.05, 4.69) is 10.3 Å². The molecule has 0 aliphatic carbocycles. The Morgan fingerprint density at radius 1 is 1.06 bits per heavy atom. The van der Waals surface area contributed by atoms with Crippen LogP contribution >= 0.6 is 34.5 Å². The maximum Gasteiger partial charge on any atom is 0.257 e. The summed E-state index contributed by atoms with van der Waals surface area (Å²) in [6.07, 6.45) is 1.46. The maximum absolute atomic E-state index is 12.9. The van der Waals surface area contributed by atoms with E-state index in [4.69, 9.17) is 23.2 Å². The van der Waals surface area contributed by atoms with Crippen LogP contribution in [0.4, 0.5) is 5.13 Å². The zero-order valence-electron chi connectivity index (χ0n) is 17.6. The molecule has 0 saturated heterocycles. The zero-order chi connectivity index (χ0) is 23.3. The maximum atomic E-state index is 12.9. The summed E-state index contributed by atoms with van der Waals surface area (Å²) in [7, 11) is -3.59. The topological polar surface area (TPSA) is 79.4 Å². The van der Waals surface area contributed by atoms with Crippen LogP contribution in [-0.2, 0) is 10.0 Å². The molecule has 0 aliphatic heterocycles. The summed E-state index contributed by atoms with van der Waals surface area (Å²) >= 11 is 13.5. The summed E-state index contributed by atoms with van der Waals surface area (Å²) in [5.41, 5.74) is 1.61. The fourth-order valence-corrected chi connectivity index (χ4v) is 5.81. The van der Waals surface area contributed by atoms with Gasteiger partial charge in [-0.25, -0.2) is 13.4 Å². The van der Waals surface area contributed by atoms with Gasteiger partial charge in [0.15, 0.2) is 5.13 Å². The van der Waals surface area contributed by atoms with Gasteiger partial charge in [-0.2, -0.15) is 4.31 Å². The van der Waals surface area contributed by atoms with Crippen LogP contribution in [0.25, 0.3) is 11.3 Å². The van der Waals surface area contributed by atoms with E-state index >= 15 is 0 Å². The van der Waals surface area contributed by atoms with Crippen LogP contribution in [0.15, 0.2) is 52.7 Å². The Hall–Kier alpha value is -1.97. The van der Waals surface area contributed by atoms with Crippen molar-refractivity contribution in [2.75, 3.05) is 18.4 Å². The predicted molar refractivity (Wildman–Crippen MR) is 131 cm³/mol. The van der Waals surface area contributed by atoms with Crippen LogP contribution in [0.2, 0.25) is 10.0 Å². The van der Waals surface area contributed by atoms with Crippen molar-refractivity contribution in [2.24, 2.45) is 0 Å². The zero-order valence-corrected chi connectivity index (χ0v) is 20.8. The van der Waals surface area contributed by atoms with Crippen LogP contribution < -0.4 is 5.32 Å². The number of sulfonamides is 1. The highest BCUT2D eigenvalue weighted by Crippen LogP contribution is 2.32. The van der Waals surface area contributed by atoms with Gasteiger partial charge in [0.05, 0.1) is 15.6 Å². The molecule has 0 radical (unpaired) electrons. The minimum atomic E-state index is -3.59. The highest BCUT2D eigenvalue weighted by Gasteiger charge is 2.23. The van der Waals surface area contributed by atoms with Crippen LogP contribution in [0, 0.1) is 0 Å². The number of amides is 1. The number of rotatable bonds is 9. The summed E-state index contributed by atoms with van der Waals surface area (Å²) < 4.78 is 27.2. The molecule has 1 heterocycles. The van der Waals surface area contributed by atoms with Crippen molar-refractivity contribution in [3.05, 3.63) is 63.5 Å². The molecular weight excluding hydrogens is 489 g/mol. The number of carbonyl (C=O) groups is 1. The lowest BCUT2D eigenvalue weighted by Crippen LogP contribution is -2.32. The summed E-state index contributed by atoms with van der Waals surface area (Å²) in [6.45, 7) is 4.80. The van der Waals surface area contributed by atoms with E-state index < -0.39 is 10.0 Å². The van der Waals surface area contributed by atoms with Crippen LogP contribution in [0.1, 0.15) is 37.0 Å². The molecule has 3 rings (SSSR count). The summed E-state index contributed by atoms with van der Waals surface area (Å²) in [5, 5.41) is 5.96. The minimum absolute atomic E-state index is 0.170.